The van der Waals surface area contributed by atoms with Gasteiger partial charge in [-0.1, -0.05) is 6.42 Å². The van der Waals surface area contributed by atoms with E-state index in [1.54, 1.807) is 0 Å². The number of rotatable bonds is 0. The zero-order valence-corrected chi connectivity index (χ0v) is 6.86. The Labute approximate surface area is 70.1 Å². The zero-order valence-electron chi connectivity index (χ0n) is 6.86. The fraction of sp³-hybridized carbons (Fsp3) is 0.857. The first-order chi connectivity index (χ1) is 5.73. The van der Waals surface area contributed by atoms with E-state index in [9.17, 15) is 13.2 Å². The molecule has 0 bridgehead atoms. The molecule has 5 heteroatoms. The maximum atomic E-state index is 9.67. The summed E-state index contributed by atoms with van der Waals surface area (Å²) in [5.74, 6) is 0. The number of alkyl halides is 3. The van der Waals surface area contributed by atoms with Crippen molar-refractivity contribution in [3.8, 4) is 0 Å². The van der Waals surface area contributed by atoms with Crippen LogP contribution in [0.15, 0.2) is 0 Å². The topological polar surface area (TPSA) is 29.1 Å². The van der Waals surface area contributed by atoms with Gasteiger partial charge >= 0.3 is 6.68 Å². The van der Waals surface area contributed by atoms with E-state index >= 15 is 0 Å². The van der Waals surface area contributed by atoms with Crippen LogP contribution in [0.3, 0.4) is 0 Å². The lowest BCUT2D eigenvalue weighted by Crippen LogP contribution is -2.21. The molecule has 0 aromatic heterocycles. The molecule has 12 heavy (non-hydrogen) atoms. The van der Waals surface area contributed by atoms with Gasteiger partial charge in [-0.3, -0.25) is 0 Å². The van der Waals surface area contributed by atoms with Crippen LogP contribution >= 0.6 is 0 Å². The van der Waals surface area contributed by atoms with Crippen molar-refractivity contribution in [3.05, 3.63) is 0 Å². The van der Waals surface area contributed by atoms with Crippen molar-refractivity contribution in [2.45, 2.75) is 25.9 Å². The van der Waals surface area contributed by atoms with E-state index in [-0.39, 0.29) is 0 Å². The number of hydrogen-bond acceptors (Lipinski definition) is 2. The predicted molar refractivity (Wildman–Crippen MR) is 41.0 cm³/mol. The molecule has 0 unspecified atom stereocenters. The van der Waals surface area contributed by atoms with Crippen LogP contribution in [0.25, 0.3) is 0 Å². The average molecular weight is 185 g/mol. The van der Waals surface area contributed by atoms with Gasteiger partial charge in [-0.15, -0.1) is 0 Å². The first-order valence-electron chi connectivity index (χ1n) is 3.65. The summed E-state index contributed by atoms with van der Waals surface area (Å²) in [5, 5.41) is 3.28. The molecule has 1 N–H and O–H groups in total. The minimum absolute atomic E-state index is 1.25. The zero-order chi connectivity index (χ0) is 9.82. The molecule has 1 heterocycles. The van der Waals surface area contributed by atoms with E-state index in [0.29, 0.717) is 0 Å². The van der Waals surface area contributed by atoms with E-state index in [4.69, 9.17) is 4.79 Å². The molecule has 0 aromatic carbocycles. The van der Waals surface area contributed by atoms with Crippen LogP contribution in [0.4, 0.5) is 13.2 Å². The first kappa shape index (κ1) is 14.0. The number of carbonyl (C=O) groups is 1. The Morgan fingerprint density at radius 2 is 1.33 bits per heavy atom. The van der Waals surface area contributed by atoms with Crippen LogP contribution in [-0.2, 0) is 4.79 Å². The van der Waals surface area contributed by atoms with Crippen molar-refractivity contribution in [2.75, 3.05) is 13.1 Å². The molecule has 0 atom stereocenters. The molecular weight excluding hydrogens is 171 g/mol. The fourth-order valence-corrected chi connectivity index (χ4v) is 0.802. The van der Waals surface area contributed by atoms with Crippen LogP contribution in [0, 0.1) is 0 Å². The van der Waals surface area contributed by atoms with Crippen molar-refractivity contribution in [1.82, 2.24) is 5.32 Å². The van der Waals surface area contributed by atoms with E-state index in [1.165, 1.54) is 32.4 Å². The third-order valence-corrected chi connectivity index (χ3v) is 1.21. The number of nitrogens with one attached hydrogen (secondary N) is 1. The average Bonchev–Trinajstić information content (AvgIpc) is 2.10. The van der Waals surface area contributed by atoms with Crippen molar-refractivity contribution in [3.63, 3.8) is 0 Å². The number of halogens is 3. The van der Waals surface area contributed by atoms with Crippen molar-refractivity contribution in [2.24, 2.45) is 0 Å². The molecular formula is C7H14F3NO. The quantitative estimate of drug-likeness (QED) is 0.623. The standard InChI is InChI=1S/C5H11N.CHF3.CH2O/c1-2-4-6-5-3-1;2-1(3)4;1-2/h6H,1-5H2;1H;1H2. The third kappa shape index (κ3) is 22.7. The Morgan fingerprint density at radius 3 is 1.42 bits per heavy atom. The molecule has 74 valence electrons. The number of piperidine rings is 1. The molecule has 1 saturated heterocycles. The van der Waals surface area contributed by atoms with Gasteiger partial charge in [0.15, 0.2) is 0 Å². The first-order valence-corrected chi connectivity index (χ1v) is 3.65. The van der Waals surface area contributed by atoms with E-state index in [0.717, 1.165) is 0 Å². The predicted octanol–water partition coefficient (Wildman–Crippen LogP) is 1.75. The highest BCUT2D eigenvalue weighted by atomic mass is 19.4. The molecule has 0 aliphatic carbocycles. The van der Waals surface area contributed by atoms with Crippen LogP contribution < -0.4 is 5.32 Å². The van der Waals surface area contributed by atoms with E-state index in [2.05, 4.69) is 5.32 Å². The number of carbonyl (C=O) groups excluding carboxylic acids is 1. The molecule has 1 aliphatic heterocycles. The van der Waals surface area contributed by atoms with Gasteiger partial charge in [0.05, 0.1) is 0 Å². The van der Waals surface area contributed by atoms with Gasteiger partial charge in [-0.05, 0) is 25.9 Å². The highest BCUT2D eigenvalue weighted by Crippen LogP contribution is 1.96. The third-order valence-electron chi connectivity index (χ3n) is 1.21. The summed E-state index contributed by atoms with van der Waals surface area (Å²) < 4.78 is 29.0. The lowest BCUT2D eigenvalue weighted by atomic mass is 10.2. The molecule has 0 radical (unpaired) electrons. The summed E-state index contributed by atoms with van der Waals surface area (Å²) in [6.07, 6.45) is 4.22. The van der Waals surface area contributed by atoms with Gasteiger partial charge in [-0.25, -0.2) is 0 Å². The van der Waals surface area contributed by atoms with E-state index in [1.807, 2.05) is 6.79 Å². The van der Waals surface area contributed by atoms with Gasteiger partial charge in [-0.2, -0.15) is 13.2 Å². The maximum absolute atomic E-state index is 9.67. The summed E-state index contributed by atoms with van der Waals surface area (Å²) in [6.45, 7) is 0.833. The smallest absolute Gasteiger partial charge is 0.317 e. The van der Waals surface area contributed by atoms with Gasteiger partial charge in [0.1, 0.15) is 6.79 Å². The summed E-state index contributed by atoms with van der Waals surface area (Å²) in [6, 6.07) is 0. The maximum Gasteiger partial charge on any atom is 0.379 e. The second-order valence-electron chi connectivity index (χ2n) is 2.06. The lowest BCUT2D eigenvalue weighted by Gasteiger charge is -2.08. The monoisotopic (exact) mass is 185 g/mol. The molecule has 0 aromatic rings. The van der Waals surface area contributed by atoms with Gasteiger partial charge in [0.2, 0.25) is 0 Å². The van der Waals surface area contributed by atoms with Crippen LogP contribution in [0.1, 0.15) is 19.3 Å². The summed E-state index contributed by atoms with van der Waals surface area (Å²) in [4.78, 5) is 8.00. The highest BCUT2D eigenvalue weighted by Gasteiger charge is 1.93. The molecule has 1 fully saturated rings. The summed E-state index contributed by atoms with van der Waals surface area (Å²) in [7, 11) is 0. The minimum atomic E-state index is -3.67. The second kappa shape index (κ2) is 13.0. The van der Waals surface area contributed by atoms with Crippen molar-refractivity contribution < 1.29 is 18.0 Å². The largest absolute Gasteiger partial charge is 0.379 e. The Bertz CT molecular complexity index is 64.8. The van der Waals surface area contributed by atoms with Crippen molar-refractivity contribution >= 4 is 6.79 Å². The molecule has 1 rings (SSSR count). The van der Waals surface area contributed by atoms with E-state index < -0.39 is 6.68 Å². The lowest BCUT2D eigenvalue weighted by molar-refractivity contribution is -0.0980. The molecule has 0 spiro atoms. The molecule has 2 nitrogen and oxygen atoms in total. The van der Waals surface area contributed by atoms with Crippen LogP contribution in [-0.4, -0.2) is 26.6 Å². The Morgan fingerprint density at radius 1 is 1.00 bits per heavy atom. The second-order valence-corrected chi connectivity index (χ2v) is 2.06. The molecule has 0 saturated carbocycles. The van der Waals surface area contributed by atoms with Gasteiger partial charge in [0, 0.05) is 0 Å². The minimum Gasteiger partial charge on any atom is -0.317 e. The number of hydrogen-bond donors (Lipinski definition) is 1. The normalized spacial score (nSPS) is 15.3. The molecule has 0 amide bonds. The van der Waals surface area contributed by atoms with Crippen LogP contribution in [0.2, 0.25) is 0 Å². The highest BCUT2D eigenvalue weighted by molar-refractivity contribution is 5.10. The Balaban J connectivity index is 0. The Hall–Kier alpha value is -0.580. The van der Waals surface area contributed by atoms with Crippen LogP contribution in [0.5, 0.6) is 0 Å². The van der Waals surface area contributed by atoms with Gasteiger partial charge in [0.25, 0.3) is 0 Å². The fourth-order valence-electron chi connectivity index (χ4n) is 0.802. The Kier molecular flexibility index (Phi) is 15.2. The SMILES string of the molecule is C1CCNCC1.C=O.FC(F)F. The van der Waals surface area contributed by atoms with Crippen molar-refractivity contribution in [1.29, 1.82) is 0 Å². The molecule has 1 aliphatic rings. The summed E-state index contributed by atoms with van der Waals surface area (Å²) >= 11 is 0. The van der Waals surface area contributed by atoms with Gasteiger partial charge < -0.3 is 10.1 Å². The summed E-state index contributed by atoms with van der Waals surface area (Å²) in [5.41, 5.74) is 0.